The first-order valence-electron chi connectivity index (χ1n) is 11.1. The lowest BCUT2D eigenvalue weighted by atomic mass is 9.94. The summed E-state index contributed by atoms with van der Waals surface area (Å²) in [5.41, 5.74) is 2.19. The number of phenols is 2. The molecule has 0 bridgehead atoms. The summed E-state index contributed by atoms with van der Waals surface area (Å²) in [6.07, 6.45) is 4.77. The molecule has 0 saturated heterocycles. The first-order chi connectivity index (χ1) is 16.1. The number of halogens is 1. The van der Waals surface area contributed by atoms with Gasteiger partial charge in [0.2, 0.25) is 5.91 Å². The summed E-state index contributed by atoms with van der Waals surface area (Å²) in [6, 6.07) is 12.1. The Morgan fingerprint density at radius 2 is 1.76 bits per heavy atom. The normalized spacial score (nSPS) is 14.8. The third-order valence-electron chi connectivity index (χ3n) is 6.41. The fourth-order valence-electron chi connectivity index (χ4n) is 4.34. The Morgan fingerprint density at radius 3 is 2.38 bits per heavy atom. The van der Waals surface area contributed by atoms with Crippen molar-refractivity contribution in [2.75, 3.05) is 5.32 Å². The molecule has 0 radical (unpaired) electrons. The maximum Gasteiger partial charge on any atom is 0.236 e. The summed E-state index contributed by atoms with van der Waals surface area (Å²) in [5, 5.41) is 24.0. The van der Waals surface area contributed by atoms with Crippen LogP contribution in [0.5, 0.6) is 11.5 Å². The van der Waals surface area contributed by atoms with Gasteiger partial charge in [0.25, 0.3) is 0 Å². The minimum absolute atomic E-state index is 0.205. The van der Waals surface area contributed by atoms with Gasteiger partial charge in [0.15, 0.2) is 11.5 Å². The number of anilines is 1. The van der Waals surface area contributed by atoms with Gasteiger partial charge in [-0.2, -0.15) is 0 Å². The number of nitrogens with one attached hydrogen (secondary N) is 1. The van der Waals surface area contributed by atoms with E-state index in [1.165, 1.54) is 18.5 Å². The highest BCUT2D eigenvalue weighted by Crippen LogP contribution is 2.50. The number of hydrogen-bond acceptors (Lipinski definition) is 5. The maximum absolute atomic E-state index is 13.5. The number of benzene rings is 2. The molecule has 0 unspecified atom stereocenters. The largest absolute Gasteiger partial charge is 0.504 e. The van der Waals surface area contributed by atoms with E-state index in [0.29, 0.717) is 29.2 Å². The van der Waals surface area contributed by atoms with Gasteiger partial charge in [0.1, 0.15) is 17.8 Å². The van der Waals surface area contributed by atoms with Gasteiger partial charge in [-0.3, -0.25) is 4.79 Å². The Balaban J connectivity index is 1.61. The number of fused-ring (bicyclic) bond motifs is 1. The van der Waals surface area contributed by atoms with Crippen molar-refractivity contribution in [2.45, 2.75) is 44.6 Å². The van der Waals surface area contributed by atoms with Gasteiger partial charge in [0.05, 0.1) is 10.8 Å². The van der Waals surface area contributed by atoms with Crippen molar-refractivity contribution in [3.63, 3.8) is 0 Å². The molecule has 1 aliphatic carbocycles. The van der Waals surface area contributed by atoms with Crippen LogP contribution in [0, 0.1) is 0 Å². The second-order valence-electron chi connectivity index (χ2n) is 9.75. The van der Waals surface area contributed by atoms with Crippen molar-refractivity contribution < 1.29 is 15.0 Å². The lowest BCUT2D eigenvalue weighted by Gasteiger charge is -2.22. The van der Waals surface area contributed by atoms with E-state index in [1.807, 2.05) is 30.5 Å². The number of carbonyl (C=O) groups excluding carboxylic acids is 1. The summed E-state index contributed by atoms with van der Waals surface area (Å²) < 4.78 is 2.08. The van der Waals surface area contributed by atoms with E-state index < -0.39 is 5.41 Å². The minimum Gasteiger partial charge on any atom is -0.504 e. The average molecular weight is 477 g/mol. The smallest absolute Gasteiger partial charge is 0.236 e. The molecule has 3 N–H and O–H groups in total. The number of rotatable bonds is 4. The van der Waals surface area contributed by atoms with Crippen LogP contribution in [0.25, 0.3) is 22.2 Å². The molecule has 0 atom stereocenters. The van der Waals surface area contributed by atoms with E-state index in [9.17, 15) is 15.0 Å². The summed E-state index contributed by atoms with van der Waals surface area (Å²) in [7, 11) is 0. The number of aromatic hydroxyl groups is 2. The second-order valence-corrected chi connectivity index (χ2v) is 10.2. The molecule has 34 heavy (non-hydrogen) atoms. The van der Waals surface area contributed by atoms with Gasteiger partial charge >= 0.3 is 0 Å². The maximum atomic E-state index is 13.5. The Labute approximate surface area is 202 Å². The summed E-state index contributed by atoms with van der Waals surface area (Å²) in [5.74, 6) is -0.234. The van der Waals surface area contributed by atoms with Gasteiger partial charge in [-0.15, -0.1) is 0 Å². The molecule has 5 rings (SSSR count). The number of amides is 1. The number of aromatic nitrogens is 3. The molecule has 8 heteroatoms. The van der Waals surface area contributed by atoms with E-state index >= 15 is 0 Å². The predicted octanol–water partition coefficient (Wildman–Crippen LogP) is 5.59. The molecule has 2 heterocycles. The van der Waals surface area contributed by atoms with E-state index in [2.05, 4.69) is 40.6 Å². The second kappa shape index (κ2) is 7.74. The fraction of sp³-hybridized carbons (Fsp3) is 0.269. The Hall–Kier alpha value is -3.58. The van der Waals surface area contributed by atoms with Crippen molar-refractivity contribution in [3.05, 3.63) is 65.6 Å². The molecule has 1 amide bonds. The van der Waals surface area contributed by atoms with Gasteiger partial charge in [-0.25, -0.2) is 9.97 Å². The SMILES string of the molecule is CC(C)(C)n1cc(-c2ccc(Cl)cc2)c2c(NC(=O)C3(c4ccc(O)c(O)c4)CC3)ncnc21. The first-order valence-corrected chi connectivity index (χ1v) is 11.4. The van der Waals surface area contributed by atoms with Crippen LogP contribution in [0.3, 0.4) is 0 Å². The van der Waals surface area contributed by atoms with Gasteiger partial charge in [-0.1, -0.05) is 29.8 Å². The molecule has 1 fully saturated rings. The molecule has 0 spiro atoms. The first kappa shape index (κ1) is 22.2. The molecule has 174 valence electrons. The van der Waals surface area contributed by atoms with Gasteiger partial charge < -0.3 is 20.1 Å². The topological polar surface area (TPSA) is 100 Å². The van der Waals surface area contributed by atoms with Crippen LogP contribution < -0.4 is 5.32 Å². The molecular formula is C26H25ClN4O3. The molecule has 2 aromatic heterocycles. The van der Waals surface area contributed by atoms with Gasteiger partial charge in [0, 0.05) is 22.3 Å². The summed E-state index contributed by atoms with van der Waals surface area (Å²) in [4.78, 5) is 22.5. The van der Waals surface area contributed by atoms with Crippen LogP contribution >= 0.6 is 11.6 Å². The van der Waals surface area contributed by atoms with E-state index in [0.717, 1.165) is 22.2 Å². The third-order valence-corrected chi connectivity index (χ3v) is 6.66. The molecule has 2 aromatic carbocycles. The van der Waals surface area contributed by atoms with Crippen LogP contribution in [0.15, 0.2) is 55.0 Å². The molecule has 1 saturated carbocycles. The van der Waals surface area contributed by atoms with E-state index in [4.69, 9.17) is 11.6 Å². The lowest BCUT2D eigenvalue weighted by molar-refractivity contribution is -0.118. The monoisotopic (exact) mass is 476 g/mol. The number of phenolic OH excluding ortho intramolecular Hbond substituents is 2. The lowest BCUT2D eigenvalue weighted by Crippen LogP contribution is -2.28. The Bertz CT molecular complexity index is 1420. The number of carbonyl (C=O) groups is 1. The van der Waals surface area contributed by atoms with Crippen molar-refractivity contribution in [1.82, 2.24) is 14.5 Å². The summed E-state index contributed by atoms with van der Waals surface area (Å²) in [6.45, 7) is 6.28. The standard InChI is InChI=1S/C26H25ClN4O3/c1-25(2,3)31-13-18(15-4-7-17(27)8-5-15)21-22(28-14-29-23(21)31)30-24(34)26(10-11-26)16-6-9-19(32)20(33)12-16/h4-9,12-14,32-33H,10-11H2,1-3H3,(H,28,29,30,34). The molecular weight excluding hydrogens is 452 g/mol. The zero-order valence-corrected chi connectivity index (χ0v) is 19.9. The zero-order chi connectivity index (χ0) is 24.3. The summed E-state index contributed by atoms with van der Waals surface area (Å²) >= 11 is 6.11. The molecule has 4 aromatic rings. The molecule has 1 aliphatic rings. The van der Waals surface area contributed by atoms with E-state index in [-0.39, 0.29) is 22.9 Å². The minimum atomic E-state index is -0.768. The number of hydrogen-bond donors (Lipinski definition) is 3. The van der Waals surface area contributed by atoms with Crippen LogP contribution in [-0.4, -0.2) is 30.7 Å². The predicted molar refractivity (Wildman–Crippen MR) is 132 cm³/mol. The molecule has 0 aliphatic heterocycles. The average Bonchev–Trinajstić information content (AvgIpc) is 3.50. The fourth-order valence-corrected chi connectivity index (χ4v) is 4.46. The highest BCUT2D eigenvalue weighted by atomic mass is 35.5. The zero-order valence-electron chi connectivity index (χ0n) is 19.1. The van der Waals surface area contributed by atoms with Crippen LogP contribution in [0.4, 0.5) is 5.82 Å². The quantitative estimate of drug-likeness (QED) is 0.333. The Morgan fingerprint density at radius 1 is 1.06 bits per heavy atom. The van der Waals surface area contributed by atoms with Crippen molar-refractivity contribution in [3.8, 4) is 22.6 Å². The van der Waals surface area contributed by atoms with Crippen LogP contribution in [0.1, 0.15) is 39.2 Å². The van der Waals surface area contributed by atoms with E-state index in [1.54, 1.807) is 6.07 Å². The molecule has 7 nitrogen and oxygen atoms in total. The van der Waals surface area contributed by atoms with Crippen LogP contribution in [0.2, 0.25) is 5.02 Å². The van der Waals surface area contributed by atoms with Gasteiger partial charge in [-0.05, 0) is 69.0 Å². The highest BCUT2D eigenvalue weighted by molar-refractivity contribution is 6.30. The van der Waals surface area contributed by atoms with Crippen molar-refractivity contribution >= 4 is 34.4 Å². The number of nitrogens with zero attached hydrogens (tertiary/aromatic N) is 3. The van der Waals surface area contributed by atoms with Crippen molar-refractivity contribution in [1.29, 1.82) is 0 Å². The van der Waals surface area contributed by atoms with Crippen LogP contribution in [-0.2, 0) is 15.7 Å². The third kappa shape index (κ3) is 3.66. The highest BCUT2D eigenvalue weighted by Gasteiger charge is 2.51. The Kier molecular flexibility index (Phi) is 5.06. The van der Waals surface area contributed by atoms with Crippen molar-refractivity contribution in [2.24, 2.45) is 0 Å².